The number of benzene rings is 1. The highest BCUT2D eigenvalue weighted by atomic mass is 16.5. The van der Waals surface area contributed by atoms with Gasteiger partial charge in [0.2, 0.25) is 5.91 Å². The summed E-state index contributed by atoms with van der Waals surface area (Å²) in [6, 6.07) is 7.04. The number of rotatable bonds is 5. The maximum atomic E-state index is 12.1. The molecule has 0 bridgehead atoms. The summed E-state index contributed by atoms with van der Waals surface area (Å²) in [4.78, 5) is 36.7. The number of nitrogens with two attached hydrogens (primary N) is 1. The van der Waals surface area contributed by atoms with Gasteiger partial charge in [0.05, 0.1) is 0 Å². The van der Waals surface area contributed by atoms with Crippen molar-refractivity contribution in [2.45, 2.75) is 32.2 Å². The number of piperidine rings is 1. The van der Waals surface area contributed by atoms with Gasteiger partial charge in [-0.25, -0.2) is 4.79 Å². The van der Waals surface area contributed by atoms with Crippen molar-refractivity contribution < 1.29 is 19.1 Å². The molecule has 1 aromatic rings. The lowest BCUT2D eigenvalue weighted by Crippen LogP contribution is -2.51. The normalized spacial score (nSPS) is 17.7. The molecule has 1 saturated heterocycles. The topological polar surface area (TPSA) is 89.7 Å². The van der Waals surface area contributed by atoms with Crippen LogP contribution in [0.2, 0.25) is 0 Å². The van der Waals surface area contributed by atoms with Crippen LogP contribution in [0, 0.1) is 6.92 Å². The third kappa shape index (κ3) is 4.94. The first kappa shape index (κ1) is 17.7. The zero-order chi connectivity index (χ0) is 17.5. The number of nitrogens with zero attached hydrogens (tertiary/aromatic N) is 1. The Balaban J connectivity index is 1.85. The number of esters is 1. The van der Waals surface area contributed by atoms with Gasteiger partial charge in [0.1, 0.15) is 6.04 Å². The number of amides is 2. The van der Waals surface area contributed by atoms with Gasteiger partial charge in [-0.05, 0) is 37.8 Å². The molecule has 1 fully saturated rings. The zero-order valence-corrected chi connectivity index (χ0v) is 13.7. The number of aryl methyl sites for hydroxylation is 1. The van der Waals surface area contributed by atoms with Crippen LogP contribution in [0.4, 0.5) is 0 Å². The summed E-state index contributed by atoms with van der Waals surface area (Å²) in [5, 5.41) is 0. The second kappa shape index (κ2) is 8.29. The van der Waals surface area contributed by atoms with E-state index < -0.39 is 23.8 Å². The Morgan fingerprint density at radius 3 is 2.62 bits per heavy atom. The third-order valence-corrected chi connectivity index (χ3v) is 3.98. The van der Waals surface area contributed by atoms with Crippen LogP contribution < -0.4 is 5.73 Å². The molecule has 6 heteroatoms. The Morgan fingerprint density at radius 2 is 1.96 bits per heavy atom. The summed E-state index contributed by atoms with van der Waals surface area (Å²) in [6.07, 6.45) is 5.13. The highest BCUT2D eigenvalue weighted by Crippen LogP contribution is 2.17. The number of ether oxygens (including phenoxy) is 1. The van der Waals surface area contributed by atoms with Crippen molar-refractivity contribution in [1.82, 2.24) is 4.90 Å². The number of hydrogen-bond acceptors (Lipinski definition) is 4. The molecule has 2 amide bonds. The van der Waals surface area contributed by atoms with Gasteiger partial charge >= 0.3 is 5.97 Å². The van der Waals surface area contributed by atoms with Crippen LogP contribution in [0.1, 0.15) is 30.4 Å². The van der Waals surface area contributed by atoms with E-state index in [0.717, 1.165) is 24.0 Å². The molecule has 128 valence electrons. The molecule has 0 spiro atoms. The van der Waals surface area contributed by atoms with Crippen molar-refractivity contribution in [3.05, 3.63) is 41.5 Å². The minimum absolute atomic E-state index is 0.388. The van der Waals surface area contributed by atoms with E-state index in [9.17, 15) is 14.4 Å². The average molecular weight is 330 g/mol. The van der Waals surface area contributed by atoms with Gasteiger partial charge in [0, 0.05) is 12.6 Å². The first-order valence-electron chi connectivity index (χ1n) is 7.97. The van der Waals surface area contributed by atoms with E-state index >= 15 is 0 Å². The highest BCUT2D eigenvalue weighted by molar-refractivity contribution is 5.91. The molecule has 6 nitrogen and oxygen atoms in total. The predicted octanol–water partition coefficient (Wildman–Crippen LogP) is 1.42. The number of hydrogen-bond donors (Lipinski definition) is 1. The molecule has 1 aliphatic heterocycles. The minimum atomic E-state index is -0.604. The van der Waals surface area contributed by atoms with Gasteiger partial charge < -0.3 is 15.4 Å². The molecule has 1 atom stereocenters. The largest absolute Gasteiger partial charge is 0.452 e. The molecule has 0 aromatic heterocycles. The second-order valence-corrected chi connectivity index (χ2v) is 5.85. The summed E-state index contributed by atoms with van der Waals surface area (Å²) >= 11 is 0. The van der Waals surface area contributed by atoms with Crippen LogP contribution in [0.3, 0.4) is 0 Å². The van der Waals surface area contributed by atoms with Crippen LogP contribution in [-0.2, 0) is 19.1 Å². The summed E-state index contributed by atoms with van der Waals surface area (Å²) in [7, 11) is 0. The molecule has 1 aromatic carbocycles. The quantitative estimate of drug-likeness (QED) is 0.653. The van der Waals surface area contributed by atoms with E-state index in [1.54, 1.807) is 6.08 Å². The lowest BCUT2D eigenvalue weighted by atomic mass is 10.0. The second-order valence-electron chi connectivity index (χ2n) is 5.85. The van der Waals surface area contributed by atoms with Gasteiger partial charge in [-0.3, -0.25) is 9.59 Å². The monoisotopic (exact) mass is 330 g/mol. The average Bonchev–Trinajstić information content (AvgIpc) is 2.59. The van der Waals surface area contributed by atoms with Crippen LogP contribution in [0.25, 0.3) is 6.08 Å². The van der Waals surface area contributed by atoms with Crippen LogP contribution in [-0.4, -0.2) is 41.9 Å². The van der Waals surface area contributed by atoms with Crippen molar-refractivity contribution in [2.75, 3.05) is 13.2 Å². The predicted molar refractivity (Wildman–Crippen MR) is 89.7 cm³/mol. The number of carbonyl (C=O) groups is 3. The van der Waals surface area contributed by atoms with Gasteiger partial charge in [-0.2, -0.15) is 0 Å². The summed E-state index contributed by atoms with van der Waals surface area (Å²) in [5.74, 6) is -1.51. The first-order chi connectivity index (χ1) is 11.5. The van der Waals surface area contributed by atoms with E-state index in [0.29, 0.717) is 13.0 Å². The molecule has 2 N–H and O–H groups in total. The van der Waals surface area contributed by atoms with Gasteiger partial charge in [-0.1, -0.05) is 29.8 Å². The maximum Gasteiger partial charge on any atom is 0.331 e. The zero-order valence-electron chi connectivity index (χ0n) is 13.7. The highest BCUT2D eigenvalue weighted by Gasteiger charge is 2.30. The maximum absolute atomic E-state index is 12.1. The van der Waals surface area contributed by atoms with Crippen LogP contribution in [0.5, 0.6) is 0 Å². The van der Waals surface area contributed by atoms with Crippen molar-refractivity contribution >= 4 is 23.9 Å². The fraction of sp³-hybridized carbons (Fsp3) is 0.389. The van der Waals surface area contributed by atoms with Crippen molar-refractivity contribution in [3.63, 3.8) is 0 Å². The molecule has 0 aliphatic carbocycles. The summed E-state index contributed by atoms with van der Waals surface area (Å²) in [6.45, 7) is 2.05. The Morgan fingerprint density at radius 1 is 1.25 bits per heavy atom. The Hall–Kier alpha value is -2.63. The minimum Gasteiger partial charge on any atom is -0.452 e. The van der Waals surface area contributed by atoms with Gasteiger partial charge in [-0.15, -0.1) is 0 Å². The van der Waals surface area contributed by atoms with E-state index in [1.165, 1.54) is 11.0 Å². The van der Waals surface area contributed by atoms with E-state index in [4.69, 9.17) is 10.5 Å². The summed E-state index contributed by atoms with van der Waals surface area (Å²) in [5.41, 5.74) is 7.32. The number of primary amides is 1. The lowest BCUT2D eigenvalue weighted by molar-refractivity contribution is -0.151. The molecule has 2 rings (SSSR count). The van der Waals surface area contributed by atoms with E-state index in [-0.39, 0.29) is 6.61 Å². The smallest absolute Gasteiger partial charge is 0.331 e. The number of likely N-dealkylation sites (tertiary alicyclic amines) is 1. The fourth-order valence-electron chi connectivity index (χ4n) is 2.63. The van der Waals surface area contributed by atoms with Crippen molar-refractivity contribution in [2.24, 2.45) is 5.73 Å². The summed E-state index contributed by atoms with van der Waals surface area (Å²) < 4.78 is 4.96. The molecule has 0 saturated carbocycles. The molecular formula is C18H22N2O4. The molecule has 0 unspecified atom stereocenters. The fourth-order valence-corrected chi connectivity index (χ4v) is 2.63. The molecular weight excluding hydrogens is 308 g/mol. The standard InChI is InChI=1S/C18H22N2O4/c1-13-5-7-14(8-6-13)9-10-17(22)24-12-16(21)20-11-3-2-4-15(20)18(19)23/h5-10,15H,2-4,11-12H2,1H3,(H2,19,23)/b10-9+/t15-/m0/s1. The van der Waals surface area contributed by atoms with Crippen LogP contribution in [0.15, 0.2) is 30.3 Å². The molecule has 0 radical (unpaired) electrons. The van der Waals surface area contributed by atoms with Gasteiger partial charge in [0.15, 0.2) is 6.61 Å². The van der Waals surface area contributed by atoms with Crippen molar-refractivity contribution in [1.29, 1.82) is 0 Å². The SMILES string of the molecule is Cc1ccc(/C=C/C(=O)OCC(=O)N2CCCC[C@H]2C(N)=O)cc1. The number of carbonyl (C=O) groups excluding carboxylic acids is 3. The van der Waals surface area contributed by atoms with E-state index in [2.05, 4.69) is 0 Å². The van der Waals surface area contributed by atoms with Gasteiger partial charge in [0.25, 0.3) is 5.91 Å². The molecule has 24 heavy (non-hydrogen) atoms. The third-order valence-electron chi connectivity index (χ3n) is 3.98. The van der Waals surface area contributed by atoms with Crippen molar-refractivity contribution in [3.8, 4) is 0 Å². The lowest BCUT2D eigenvalue weighted by Gasteiger charge is -2.33. The molecule has 1 aliphatic rings. The van der Waals surface area contributed by atoms with Crippen LogP contribution >= 0.6 is 0 Å². The molecule has 1 heterocycles. The Bertz CT molecular complexity index is 637. The first-order valence-corrected chi connectivity index (χ1v) is 7.97. The van der Waals surface area contributed by atoms with E-state index in [1.807, 2.05) is 31.2 Å². The Kier molecular flexibility index (Phi) is 6.12. The Labute approximate surface area is 141 Å².